The molecule has 1 aliphatic heterocycles. The van der Waals surface area contributed by atoms with Gasteiger partial charge in [0.15, 0.2) is 0 Å². The van der Waals surface area contributed by atoms with Crippen LogP contribution < -0.4 is 10.6 Å². The zero-order chi connectivity index (χ0) is 24.3. The van der Waals surface area contributed by atoms with Crippen molar-refractivity contribution in [2.24, 2.45) is 0 Å². The van der Waals surface area contributed by atoms with Gasteiger partial charge in [0.25, 0.3) is 5.91 Å². The van der Waals surface area contributed by atoms with Gasteiger partial charge in [-0.3, -0.25) is 14.5 Å². The summed E-state index contributed by atoms with van der Waals surface area (Å²) in [5, 5.41) is 6.31. The average Bonchev–Trinajstić information content (AvgIpc) is 3.03. The lowest BCUT2D eigenvalue weighted by Crippen LogP contribution is -2.44. The largest absolute Gasteiger partial charge is 0.347 e. The maximum absolute atomic E-state index is 13.2. The highest BCUT2D eigenvalue weighted by Crippen LogP contribution is 2.35. The Kier molecular flexibility index (Phi) is 6.91. The molecule has 1 heterocycles. The van der Waals surface area contributed by atoms with Crippen LogP contribution >= 0.6 is 23.2 Å². The summed E-state index contributed by atoms with van der Waals surface area (Å²) in [5.41, 5.74) is 0.986. The molecule has 0 aliphatic carbocycles. The van der Waals surface area contributed by atoms with Crippen LogP contribution in [0.15, 0.2) is 78.9 Å². The molecule has 1 saturated heterocycles. The Bertz CT molecular complexity index is 1220. The van der Waals surface area contributed by atoms with Crippen LogP contribution in [0, 0.1) is 0 Å². The number of amides is 4. The maximum Gasteiger partial charge on any atom is 0.325 e. The van der Waals surface area contributed by atoms with E-state index in [1.165, 1.54) is 6.07 Å². The molecule has 4 rings (SSSR count). The summed E-state index contributed by atoms with van der Waals surface area (Å²) in [4.78, 5) is 39.8. The van der Waals surface area contributed by atoms with Gasteiger partial charge in [0.05, 0.1) is 6.04 Å². The van der Waals surface area contributed by atoms with Crippen molar-refractivity contribution in [2.75, 3.05) is 6.54 Å². The third kappa shape index (κ3) is 4.93. The molecular formula is C26H23Cl2N3O3. The zero-order valence-corrected chi connectivity index (χ0v) is 19.9. The van der Waals surface area contributed by atoms with E-state index in [0.29, 0.717) is 17.0 Å². The highest BCUT2D eigenvalue weighted by Gasteiger charge is 2.50. The van der Waals surface area contributed by atoms with E-state index in [0.717, 1.165) is 16.0 Å². The van der Waals surface area contributed by atoms with Crippen molar-refractivity contribution >= 4 is 41.0 Å². The lowest BCUT2D eigenvalue weighted by Gasteiger charge is -2.24. The summed E-state index contributed by atoms with van der Waals surface area (Å²) in [6.45, 7) is 1.14. The fourth-order valence-corrected chi connectivity index (χ4v) is 4.69. The molecular weight excluding hydrogens is 473 g/mol. The first-order valence-electron chi connectivity index (χ1n) is 10.8. The topological polar surface area (TPSA) is 78.5 Å². The summed E-state index contributed by atoms with van der Waals surface area (Å²) in [6, 6.07) is 23.1. The fourth-order valence-electron chi connectivity index (χ4n) is 4.09. The van der Waals surface area contributed by atoms with Gasteiger partial charge < -0.3 is 10.6 Å². The predicted octanol–water partition coefficient (Wildman–Crippen LogP) is 4.86. The van der Waals surface area contributed by atoms with Crippen molar-refractivity contribution in [1.29, 1.82) is 0 Å². The Morgan fingerprint density at radius 3 is 2.29 bits per heavy atom. The van der Waals surface area contributed by atoms with Gasteiger partial charge >= 0.3 is 6.03 Å². The molecule has 0 saturated carbocycles. The minimum absolute atomic E-state index is 0.252. The highest BCUT2D eigenvalue weighted by molar-refractivity contribution is 6.35. The molecule has 3 aromatic carbocycles. The number of hydrogen-bond donors (Lipinski definition) is 2. The van der Waals surface area contributed by atoms with Crippen LogP contribution in [0.2, 0.25) is 10.0 Å². The predicted molar refractivity (Wildman–Crippen MR) is 132 cm³/mol. The molecule has 0 spiro atoms. The average molecular weight is 496 g/mol. The van der Waals surface area contributed by atoms with Crippen molar-refractivity contribution in [1.82, 2.24) is 15.5 Å². The number of rotatable bonds is 7. The molecule has 2 unspecified atom stereocenters. The summed E-state index contributed by atoms with van der Waals surface area (Å²) in [5.74, 6) is -1.00. The second-order valence-electron chi connectivity index (χ2n) is 8.29. The van der Waals surface area contributed by atoms with E-state index in [9.17, 15) is 14.4 Å². The second-order valence-corrected chi connectivity index (χ2v) is 9.13. The van der Waals surface area contributed by atoms with Gasteiger partial charge in [-0.15, -0.1) is 0 Å². The zero-order valence-electron chi connectivity index (χ0n) is 18.4. The van der Waals surface area contributed by atoms with Crippen LogP contribution in [0.4, 0.5) is 4.79 Å². The molecule has 4 amide bonds. The van der Waals surface area contributed by atoms with Gasteiger partial charge in [0, 0.05) is 15.6 Å². The third-order valence-corrected chi connectivity index (χ3v) is 6.41. The summed E-state index contributed by atoms with van der Waals surface area (Å²) in [6.07, 6.45) is 0.564. The number of nitrogens with one attached hydrogen (secondary N) is 2. The smallest absolute Gasteiger partial charge is 0.325 e. The van der Waals surface area contributed by atoms with E-state index in [1.54, 1.807) is 19.1 Å². The number of hydrogen-bond acceptors (Lipinski definition) is 3. The molecule has 34 heavy (non-hydrogen) atoms. The standard InChI is InChI=1S/C26H23Cl2N3O3/c1-26(20-13-12-19(27)15-21(20)28)24(33)31(25(34)30-26)16-23(32)29-22(18-10-6-3-7-11-18)14-17-8-4-2-5-9-17/h2-13,15,22H,14,16H2,1H3,(H,29,32)(H,30,34). The Morgan fingerprint density at radius 1 is 1.00 bits per heavy atom. The van der Waals surface area contributed by atoms with E-state index < -0.39 is 29.9 Å². The Hall–Kier alpha value is -3.35. The number of nitrogens with zero attached hydrogens (tertiary/aromatic N) is 1. The SMILES string of the molecule is CC1(c2ccc(Cl)cc2Cl)NC(=O)N(CC(=O)NC(Cc2ccccc2)c2ccccc2)C1=O. The summed E-state index contributed by atoms with van der Waals surface area (Å²) < 4.78 is 0. The number of carbonyl (C=O) groups is 3. The molecule has 3 aromatic rings. The molecule has 2 N–H and O–H groups in total. The van der Waals surface area contributed by atoms with Crippen LogP contribution in [0.3, 0.4) is 0 Å². The Labute approximate surface area is 207 Å². The van der Waals surface area contributed by atoms with Crippen molar-refractivity contribution in [3.05, 3.63) is 106 Å². The maximum atomic E-state index is 13.2. The number of benzene rings is 3. The van der Waals surface area contributed by atoms with Crippen LogP contribution in [0.5, 0.6) is 0 Å². The molecule has 6 nitrogen and oxygen atoms in total. The first kappa shape index (κ1) is 23.8. The molecule has 0 aromatic heterocycles. The molecule has 8 heteroatoms. The number of halogens is 2. The van der Waals surface area contributed by atoms with Crippen molar-refractivity contribution in [3.63, 3.8) is 0 Å². The minimum Gasteiger partial charge on any atom is -0.347 e. The van der Waals surface area contributed by atoms with E-state index in [2.05, 4.69) is 10.6 Å². The summed E-state index contributed by atoms with van der Waals surface area (Å²) in [7, 11) is 0. The molecule has 1 aliphatic rings. The number of urea groups is 1. The van der Waals surface area contributed by atoms with E-state index in [4.69, 9.17) is 23.2 Å². The van der Waals surface area contributed by atoms with Gasteiger partial charge in [-0.25, -0.2) is 4.79 Å². The van der Waals surface area contributed by atoms with Gasteiger partial charge in [0.2, 0.25) is 5.91 Å². The third-order valence-electron chi connectivity index (χ3n) is 5.87. The molecule has 0 bridgehead atoms. The Balaban J connectivity index is 1.51. The van der Waals surface area contributed by atoms with Crippen LogP contribution in [-0.2, 0) is 21.5 Å². The minimum atomic E-state index is -1.40. The van der Waals surface area contributed by atoms with Gasteiger partial charge in [-0.1, -0.05) is 89.9 Å². The molecule has 0 radical (unpaired) electrons. The van der Waals surface area contributed by atoms with E-state index in [-0.39, 0.29) is 11.1 Å². The van der Waals surface area contributed by atoms with Crippen molar-refractivity contribution in [3.8, 4) is 0 Å². The number of imide groups is 1. The molecule has 2 atom stereocenters. The fraction of sp³-hybridized carbons (Fsp3) is 0.192. The Morgan fingerprint density at radius 2 is 1.65 bits per heavy atom. The lowest BCUT2D eigenvalue weighted by atomic mass is 9.92. The number of carbonyl (C=O) groups excluding carboxylic acids is 3. The second kappa shape index (κ2) is 9.87. The van der Waals surface area contributed by atoms with Crippen molar-refractivity contribution < 1.29 is 14.4 Å². The first-order chi connectivity index (χ1) is 16.3. The van der Waals surface area contributed by atoms with E-state index >= 15 is 0 Å². The van der Waals surface area contributed by atoms with Crippen molar-refractivity contribution in [2.45, 2.75) is 24.9 Å². The monoisotopic (exact) mass is 495 g/mol. The summed E-state index contributed by atoms with van der Waals surface area (Å²) >= 11 is 12.3. The molecule has 1 fully saturated rings. The van der Waals surface area contributed by atoms with Crippen LogP contribution in [0.1, 0.15) is 29.7 Å². The van der Waals surface area contributed by atoms with Gasteiger partial charge in [-0.05, 0) is 36.6 Å². The highest BCUT2D eigenvalue weighted by atomic mass is 35.5. The quantitative estimate of drug-likeness (QED) is 0.459. The van der Waals surface area contributed by atoms with E-state index in [1.807, 2.05) is 60.7 Å². The molecule has 174 valence electrons. The lowest BCUT2D eigenvalue weighted by molar-refractivity contribution is -0.135. The first-order valence-corrected chi connectivity index (χ1v) is 11.5. The van der Waals surface area contributed by atoms with Crippen LogP contribution in [-0.4, -0.2) is 29.3 Å². The van der Waals surface area contributed by atoms with Crippen LogP contribution in [0.25, 0.3) is 0 Å². The van der Waals surface area contributed by atoms with Gasteiger partial charge in [0.1, 0.15) is 12.1 Å². The normalized spacial score (nSPS) is 18.5. The van der Waals surface area contributed by atoms with Gasteiger partial charge in [-0.2, -0.15) is 0 Å².